The molecule has 0 saturated carbocycles. The number of nitriles is 2. The summed E-state index contributed by atoms with van der Waals surface area (Å²) in [7, 11) is 0. The van der Waals surface area contributed by atoms with Gasteiger partial charge in [-0.2, -0.15) is 10.5 Å². The zero-order valence-electron chi connectivity index (χ0n) is 38.5. The monoisotopic (exact) mass is 942 g/mol. The second kappa shape index (κ2) is 22.7. The van der Waals surface area contributed by atoms with Crippen molar-refractivity contribution >= 4 is 51.9 Å². The predicted molar refractivity (Wildman–Crippen MR) is 268 cm³/mol. The summed E-state index contributed by atoms with van der Waals surface area (Å²) < 4.78 is 11.5. The SMILES string of the molecule is N#CCCC(=O)c1ccc(-c2ccnc(Cl)n2)cc1.N#CCCC(=O)c1ccc(-c2ccnc(Nc3ccc(N4CCC5(CCO5)CC4)cc3)n2)cc1.Nc1ccc(N2CCC3(CCO3)CC2)cc1. The van der Waals surface area contributed by atoms with Crippen LogP contribution >= 0.6 is 11.6 Å². The van der Waals surface area contributed by atoms with Gasteiger partial charge in [-0.1, -0.05) is 48.5 Å². The van der Waals surface area contributed by atoms with Crippen molar-refractivity contribution in [2.45, 2.75) is 75.4 Å². The van der Waals surface area contributed by atoms with Gasteiger partial charge in [0.1, 0.15) is 0 Å². The average molecular weight is 944 g/mol. The number of hydrogen-bond donors (Lipinski definition) is 2. The number of anilines is 5. The van der Waals surface area contributed by atoms with Crippen molar-refractivity contribution in [3.05, 3.63) is 138 Å². The summed E-state index contributed by atoms with van der Waals surface area (Å²) in [6.07, 6.45) is 11.2. The van der Waals surface area contributed by atoms with Gasteiger partial charge >= 0.3 is 0 Å². The molecule has 0 radical (unpaired) electrons. The van der Waals surface area contributed by atoms with E-state index in [1.165, 1.54) is 24.2 Å². The van der Waals surface area contributed by atoms with Gasteiger partial charge in [0.05, 0.1) is 47.9 Å². The highest BCUT2D eigenvalue weighted by molar-refractivity contribution is 6.28. The van der Waals surface area contributed by atoms with Crippen LogP contribution in [0.25, 0.3) is 22.5 Å². The van der Waals surface area contributed by atoms with Gasteiger partial charge in [-0.25, -0.2) is 19.9 Å². The van der Waals surface area contributed by atoms with E-state index < -0.39 is 0 Å². The normalized spacial score (nSPS) is 16.2. The van der Waals surface area contributed by atoms with Crippen LogP contribution in [0.15, 0.2) is 122 Å². The van der Waals surface area contributed by atoms with Gasteiger partial charge < -0.3 is 30.3 Å². The number of nitrogen functional groups attached to an aromatic ring is 1. The van der Waals surface area contributed by atoms with Crippen LogP contribution in [0.1, 0.15) is 84.9 Å². The zero-order chi connectivity index (χ0) is 48.1. The Morgan fingerprint density at radius 1 is 0.609 bits per heavy atom. The van der Waals surface area contributed by atoms with E-state index in [9.17, 15) is 9.59 Å². The van der Waals surface area contributed by atoms with Crippen LogP contribution in [-0.4, -0.2) is 82.1 Å². The van der Waals surface area contributed by atoms with Crippen molar-refractivity contribution in [3.8, 4) is 34.7 Å². The Balaban J connectivity index is 0.000000154. The summed E-state index contributed by atoms with van der Waals surface area (Å²) in [6, 6.07) is 38.5. The van der Waals surface area contributed by atoms with Gasteiger partial charge in [-0.3, -0.25) is 9.59 Å². The number of benzene rings is 4. The topological polar surface area (TPSA) is 196 Å². The first-order valence-electron chi connectivity index (χ1n) is 23.5. The van der Waals surface area contributed by atoms with Gasteiger partial charge in [0.15, 0.2) is 11.6 Å². The lowest BCUT2D eigenvalue weighted by Gasteiger charge is -2.48. The van der Waals surface area contributed by atoms with Crippen molar-refractivity contribution in [1.29, 1.82) is 10.5 Å². The Labute approximate surface area is 408 Å². The summed E-state index contributed by atoms with van der Waals surface area (Å²) in [5.41, 5.74) is 14.8. The minimum Gasteiger partial charge on any atom is -0.399 e. The lowest BCUT2D eigenvalue weighted by molar-refractivity contribution is -0.158. The number of nitrogens with two attached hydrogens (primary N) is 1. The third-order valence-corrected chi connectivity index (χ3v) is 13.4. The lowest BCUT2D eigenvalue weighted by atomic mass is 9.84. The number of ketones is 2. The third kappa shape index (κ3) is 12.7. The number of carbonyl (C=O) groups excluding carboxylic acids is 2. The molecular formula is C54H55ClN10O4. The van der Waals surface area contributed by atoms with E-state index in [0.717, 1.165) is 93.3 Å². The molecule has 6 heterocycles. The first-order chi connectivity index (χ1) is 33.6. The van der Waals surface area contributed by atoms with Crippen LogP contribution in [0, 0.1) is 22.7 Å². The first kappa shape index (κ1) is 48.2. The number of carbonyl (C=O) groups is 2. The van der Waals surface area contributed by atoms with Crippen LogP contribution in [0.4, 0.5) is 28.7 Å². The average Bonchev–Trinajstić information content (AvgIpc) is 3.37. The molecule has 10 rings (SSSR count). The molecule has 69 heavy (non-hydrogen) atoms. The van der Waals surface area contributed by atoms with Crippen LogP contribution in [0.2, 0.25) is 5.28 Å². The van der Waals surface area contributed by atoms with E-state index in [1.807, 2.05) is 42.5 Å². The number of piperidine rings is 2. The fraction of sp³-hybridized carbons (Fsp3) is 0.333. The first-order valence-corrected chi connectivity index (χ1v) is 23.8. The molecule has 2 aromatic heterocycles. The van der Waals surface area contributed by atoms with Gasteiger partial charge in [-0.05, 0) is 111 Å². The molecule has 4 saturated heterocycles. The third-order valence-electron chi connectivity index (χ3n) is 13.2. The van der Waals surface area contributed by atoms with E-state index in [4.69, 9.17) is 37.3 Å². The van der Waals surface area contributed by atoms with Crippen LogP contribution in [0.5, 0.6) is 0 Å². The second-order valence-corrected chi connectivity index (χ2v) is 17.9. The maximum Gasteiger partial charge on any atom is 0.227 e. The Bertz CT molecular complexity index is 2750. The molecule has 3 N–H and O–H groups in total. The fourth-order valence-corrected chi connectivity index (χ4v) is 8.99. The van der Waals surface area contributed by atoms with Gasteiger partial charge in [0.2, 0.25) is 11.2 Å². The van der Waals surface area contributed by atoms with E-state index in [0.29, 0.717) is 22.8 Å². The molecule has 6 aromatic rings. The standard InChI is InChI=1S/C27H27N5O2.C14H10ClN3O.C13H18N2O/c28-15-1-2-25(33)21-5-3-20(4-6-21)24-11-16-29-26(31-24)30-22-7-9-23(10-8-22)32-17-12-27(13-18-32)14-19-34-27;15-14-17-9-7-12(18-14)10-3-5-11(6-4-10)13(19)2-1-8-16;14-11-1-3-12(4-2-11)15-8-5-13(6-9-15)7-10-16-13/h3-11,16H,1-2,12-14,17-19H2,(H,29,30,31);3-7,9H,1-2H2;1-4H,5-10,14H2. The molecule has 0 bridgehead atoms. The Kier molecular flexibility index (Phi) is 15.9. The van der Waals surface area contributed by atoms with Crippen molar-refractivity contribution in [3.63, 3.8) is 0 Å². The number of aromatic nitrogens is 4. The number of Topliss-reactive ketones (excluding diaryl/α,β-unsaturated/α-hetero) is 2. The molecule has 0 aliphatic carbocycles. The van der Waals surface area contributed by atoms with Crippen molar-refractivity contribution in [1.82, 2.24) is 19.9 Å². The minimum atomic E-state index is -0.0335. The van der Waals surface area contributed by atoms with Crippen LogP contribution < -0.4 is 20.9 Å². The summed E-state index contributed by atoms with van der Waals surface area (Å²) in [6.45, 7) is 6.13. The van der Waals surface area contributed by atoms with Gasteiger partial charge in [0, 0.05) is 109 Å². The van der Waals surface area contributed by atoms with Crippen molar-refractivity contribution < 1.29 is 19.1 Å². The van der Waals surface area contributed by atoms with Crippen LogP contribution in [0.3, 0.4) is 0 Å². The maximum absolute atomic E-state index is 12.1. The van der Waals surface area contributed by atoms with Crippen molar-refractivity contribution in [2.24, 2.45) is 0 Å². The molecular weight excluding hydrogens is 888 g/mol. The number of ether oxygens (including phenoxy) is 2. The Morgan fingerprint density at radius 2 is 1.04 bits per heavy atom. The Morgan fingerprint density at radius 3 is 1.46 bits per heavy atom. The molecule has 4 aromatic carbocycles. The number of halogens is 1. The summed E-state index contributed by atoms with van der Waals surface area (Å²) in [4.78, 5) is 45.5. The Hall–Kier alpha value is -7.23. The molecule has 0 amide bonds. The summed E-state index contributed by atoms with van der Waals surface area (Å²) >= 11 is 5.73. The number of nitrogens with one attached hydrogen (secondary N) is 1. The van der Waals surface area contributed by atoms with Crippen molar-refractivity contribution in [2.75, 3.05) is 60.2 Å². The highest BCUT2D eigenvalue weighted by atomic mass is 35.5. The highest BCUT2D eigenvalue weighted by Crippen LogP contribution is 2.39. The predicted octanol–water partition coefficient (Wildman–Crippen LogP) is 10.4. The van der Waals surface area contributed by atoms with E-state index in [-0.39, 0.29) is 53.7 Å². The lowest BCUT2D eigenvalue weighted by Crippen LogP contribution is -2.52. The summed E-state index contributed by atoms with van der Waals surface area (Å²) in [5, 5.41) is 20.6. The largest absolute Gasteiger partial charge is 0.399 e. The molecule has 4 aliphatic rings. The molecule has 14 nitrogen and oxygen atoms in total. The molecule has 4 aliphatic heterocycles. The molecule has 15 heteroatoms. The smallest absolute Gasteiger partial charge is 0.227 e. The van der Waals surface area contributed by atoms with Crippen LogP contribution in [-0.2, 0) is 9.47 Å². The molecule has 0 unspecified atom stereocenters. The molecule has 352 valence electrons. The van der Waals surface area contributed by atoms with E-state index in [2.05, 4.69) is 71.5 Å². The fourth-order valence-electron chi connectivity index (χ4n) is 8.84. The molecule has 0 atom stereocenters. The van der Waals surface area contributed by atoms with Gasteiger partial charge in [0.25, 0.3) is 0 Å². The molecule has 4 fully saturated rings. The number of hydrogen-bond acceptors (Lipinski definition) is 14. The maximum atomic E-state index is 12.1. The van der Waals surface area contributed by atoms with E-state index in [1.54, 1.807) is 54.9 Å². The quantitative estimate of drug-likeness (QED) is 0.0668. The number of nitrogens with zero attached hydrogens (tertiary/aromatic N) is 8. The minimum absolute atomic E-state index is 0.0259. The van der Waals surface area contributed by atoms with E-state index >= 15 is 0 Å². The van der Waals surface area contributed by atoms with Gasteiger partial charge in [-0.15, -0.1) is 0 Å². The molecule has 2 spiro atoms. The number of rotatable bonds is 12. The highest BCUT2D eigenvalue weighted by Gasteiger charge is 2.42. The second-order valence-electron chi connectivity index (χ2n) is 17.6. The summed E-state index contributed by atoms with van der Waals surface area (Å²) in [5.74, 6) is 0.456. The zero-order valence-corrected chi connectivity index (χ0v) is 39.3.